The molecule has 0 aliphatic carbocycles. The topological polar surface area (TPSA) is 64.8 Å². The van der Waals surface area contributed by atoms with Crippen molar-refractivity contribution in [3.05, 3.63) is 5.82 Å². The molecule has 0 bridgehead atoms. The van der Waals surface area contributed by atoms with Crippen molar-refractivity contribution in [3.63, 3.8) is 0 Å². The quantitative estimate of drug-likeness (QED) is 0.783. The van der Waals surface area contributed by atoms with Crippen molar-refractivity contribution in [1.29, 1.82) is 0 Å². The minimum Gasteiger partial charge on any atom is -0.299 e. The molecule has 1 heterocycles. The van der Waals surface area contributed by atoms with Crippen LogP contribution in [0.1, 0.15) is 46.4 Å². The summed E-state index contributed by atoms with van der Waals surface area (Å²) < 4.78 is 36.4. The number of halogens is 1. The summed E-state index contributed by atoms with van der Waals surface area (Å²) in [5, 5.41) is 6.60. The fraction of sp³-hybridized carbons (Fsp3) is 0.800. The van der Waals surface area contributed by atoms with Crippen LogP contribution in [0.3, 0.4) is 0 Å². The monoisotopic (exact) mass is 263 g/mol. The first-order valence-corrected chi connectivity index (χ1v) is 6.78. The van der Waals surface area contributed by atoms with Gasteiger partial charge in [-0.25, -0.2) is 0 Å². The van der Waals surface area contributed by atoms with Gasteiger partial charge in [0.15, 0.2) is 0 Å². The van der Waals surface area contributed by atoms with Crippen LogP contribution in [0.15, 0.2) is 5.16 Å². The fourth-order valence-electron chi connectivity index (χ4n) is 1.53. The van der Waals surface area contributed by atoms with Gasteiger partial charge in [-0.3, -0.25) is 4.57 Å². The van der Waals surface area contributed by atoms with Gasteiger partial charge in [0.25, 0.3) is 5.16 Å². The van der Waals surface area contributed by atoms with Crippen LogP contribution in [0.25, 0.3) is 0 Å². The van der Waals surface area contributed by atoms with Gasteiger partial charge in [0, 0.05) is 12.5 Å². The Bertz CT molecular complexity index is 500. The Balaban J connectivity index is 3.35. The molecule has 0 spiro atoms. The standard InChI is InChI=1S/C10H18FN3O2S/c1-7(2)8-12-13-9(17(11,15)16)14(8)6-10(3,4)5/h7H,6H2,1-5H3. The summed E-state index contributed by atoms with van der Waals surface area (Å²) in [6, 6.07) is 0. The van der Waals surface area contributed by atoms with E-state index in [0.717, 1.165) is 0 Å². The van der Waals surface area contributed by atoms with Crippen LogP contribution < -0.4 is 0 Å². The molecule has 0 N–H and O–H groups in total. The largest absolute Gasteiger partial charge is 0.368 e. The Kier molecular flexibility index (Phi) is 3.61. The minimum absolute atomic E-state index is 0.0136. The van der Waals surface area contributed by atoms with Crippen LogP contribution in [-0.4, -0.2) is 23.2 Å². The van der Waals surface area contributed by atoms with Crippen LogP contribution in [0.4, 0.5) is 3.89 Å². The Hall–Kier alpha value is -0.980. The summed E-state index contributed by atoms with van der Waals surface area (Å²) >= 11 is 0. The fourth-order valence-corrected chi connectivity index (χ4v) is 2.09. The van der Waals surface area contributed by atoms with Crippen LogP contribution in [0.2, 0.25) is 0 Å². The van der Waals surface area contributed by atoms with Crippen LogP contribution in [0.5, 0.6) is 0 Å². The normalized spacial score (nSPS) is 13.4. The first-order chi connectivity index (χ1) is 7.52. The van der Waals surface area contributed by atoms with Gasteiger partial charge in [0.1, 0.15) is 5.82 Å². The molecular formula is C10H18FN3O2S. The molecule has 0 fully saturated rings. The van der Waals surface area contributed by atoms with Gasteiger partial charge in [-0.2, -0.15) is 8.42 Å². The highest BCUT2D eigenvalue weighted by molar-refractivity contribution is 7.86. The molecule has 17 heavy (non-hydrogen) atoms. The van der Waals surface area contributed by atoms with Crippen LogP contribution in [0, 0.1) is 5.41 Å². The molecule has 0 aliphatic heterocycles. The SMILES string of the molecule is CC(C)c1nnc(S(=O)(=O)F)n1CC(C)(C)C. The van der Waals surface area contributed by atoms with Gasteiger partial charge in [-0.05, 0) is 5.41 Å². The lowest BCUT2D eigenvalue weighted by atomic mass is 9.96. The summed E-state index contributed by atoms with van der Waals surface area (Å²) in [5.41, 5.74) is -0.189. The Morgan fingerprint density at radius 2 is 1.82 bits per heavy atom. The van der Waals surface area contributed by atoms with Gasteiger partial charge in [0.05, 0.1) is 0 Å². The van der Waals surface area contributed by atoms with E-state index in [-0.39, 0.29) is 11.3 Å². The molecule has 98 valence electrons. The van der Waals surface area contributed by atoms with E-state index in [1.54, 1.807) is 0 Å². The summed E-state index contributed by atoms with van der Waals surface area (Å²) in [4.78, 5) is 0. The molecule has 1 aromatic heterocycles. The van der Waals surface area contributed by atoms with E-state index in [9.17, 15) is 12.3 Å². The highest BCUT2D eigenvalue weighted by Gasteiger charge is 2.27. The van der Waals surface area contributed by atoms with Gasteiger partial charge in [-0.1, -0.05) is 38.5 Å². The smallest absolute Gasteiger partial charge is 0.299 e. The van der Waals surface area contributed by atoms with Gasteiger partial charge in [0.2, 0.25) is 0 Å². The molecule has 0 aromatic carbocycles. The van der Waals surface area contributed by atoms with E-state index in [1.807, 2.05) is 34.6 Å². The first-order valence-electron chi connectivity index (χ1n) is 5.40. The van der Waals surface area contributed by atoms with Crippen molar-refractivity contribution in [2.24, 2.45) is 5.41 Å². The highest BCUT2D eigenvalue weighted by atomic mass is 32.3. The number of rotatable bonds is 3. The van der Waals surface area contributed by atoms with E-state index in [2.05, 4.69) is 10.2 Å². The molecule has 0 unspecified atom stereocenters. The van der Waals surface area contributed by atoms with E-state index in [0.29, 0.717) is 12.4 Å². The van der Waals surface area contributed by atoms with Gasteiger partial charge >= 0.3 is 10.2 Å². The lowest BCUT2D eigenvalue weighted by Gasteiger charge is -2.21. The zero-order valence-corrected chi connectivity index (χ0v) is 11.5. The number of hydrogen-bond acceptors (Lipinski definition) is 4. The third kappa shape index (κ3) is 3.49. The predicted octanol–water partition coefficient (Wildman–Crippen LogP) is 2.11. The molecule has 0 saturated heterocycles. The first kappa shape index (κ1) is 14.1. The lowest BCUT2D eigenvalue weighted by Crippen LogP contribution is -2.20. The van der Waals surface area contributed by atoms with E-state index >= 15 is 0 Å². The number of hydrogen-bond donors (Lipinski definition) is 0. The Labute approximate surface area is 101 Å². The highest BCUT2D eigenvalue weighted by Crippen LogP contribution is 2.24. The summed E-state index contributed by atoms with van der Waals surface area (Å²) in [7, 11) is -4.83. The van der Waals surface area contributed by atoms with Crippen molar-refractivity contribution < 1.29 is 12.3 Å². The molecule has 0 amide bonds. The van der Waals surface area contributed by atoms with Gasteiger partial charge in [-0.15, -0.1) is 10.2 Å². The average Bonchev–Trinajstić information content (AvgIpc) is 2.43. The van der Waals surface area contributed by atoms with E-state index < -0.39 is 15.4 Å². The third-order valence-electron chi connectivity index (χ3n) is 2.11. The van der Waals surface area contributed by atoms with Crippen molar-refractivity contribution in [2.75, 3.05) is 0 Å². The van der Waals surface area contributed by atoms with E-state index in [1.165, 1.54) is 4.57 Å². The second-order valence-corrected chi connectivity index (χ2v) is 6.82. The summed E-state index contributed by atoms with van der Waals surface area (Å²) in [5.74, 6) is 0.469. The molecule has 0 saturated carbocycles. The average molecular weight is 263 g/mol. The second-order valence-electron chi connectivity index (χ2n) is 5.58. The maximum Gasteiger partial charge on any atom is 0.368 e. The molecule has 5 nitrogen and oxygen atoms in total. The summed E-state index contributed by atoms with van der Waals surface area (Å²) in [6.07, 6.45) is 0. The van der Waals surface area contributed by atoms with Crippen molar-refractivity contribution >= 4 is 10.2 Å². The molecule has 0 aliphatic rings. The lowest BCUT2D eigenvalue weighted by molar-refractivity contribution is 0.320. The minimum atomic E-state index is -4.83. The molecule has 1 aromatic rings. The zero-order valence-electron chi connectivity index (χ0n) is 10.7. The maximum absolute atomic E-state index is 13.1. The zero-order chi connectivity index (χ0) is 13.4. The van der Waals surface area contributed by atoms with Crippen LogP contribution >= 0.6 is 0 Å². The molecule has 7 heteroatoms. The molecule has 1 rings (SSSR count). The number of aromatic nitrogens is 3. The van der Waals surface area contributed by atoms with Gasteiger partial charge < -0.3 is 0 Å². The Morgan fingerprint density at radius 1 is 1.29 bits per heavy atom. The molecular weight excluding hydrogens is 245 g/mol. The second kappa shape index (κ2) is 4.36. The Morgan fingerprint density at radius 3 is 2.18 bits per heavy atom. The third-order valence-corrected chi connectivity index (χ3v) is 2.85. The van der Waals surface area contributed by atoms with E-state index in [4.69, 9.17) is 0 Å². The molecule has 0 atom stereocenters. The maximum atomic E-state index is 13.1. The van der Waals surface area contributed by atoms with Crippen molar-refractivity contribution in [3.8, 4) is 0 Å². The van der Waals surface area contributed by atoms with Crippen molar-refractivity contribution in [2.45, 2.75) is 52.2 Å². The van der Waals surface area contributed by atoms with Crippen molar-refractivity contribution in [1.82, 2.24) is 14.8 Å². The van der Waals surface area contributed by atoms with Crippen LogP contribution in [-0.2, 0) is 16.8 Å². The predicted molar refractivity (Wildman–Crippen MR) is 61.9 cm³/mol. The molecule has 0 radical (unpaired) electrons. The summed E-state index contributed by atoms with van der Waals surface area (Å²) in [6.45, 7) is 9.88. The number of nitrogens with zero attached hydrogens (tertiary/aromatic N) is 3.